The lowest BCUT2D eigenvalue weighted by Gasteiger charge is -2.46. The summed E-state index contributed by atoms with van der Waals surface area (Å²) in [4.78, 5) is 13.8. The number of rotatable bonds is 5. The SMILES string of the molecule is COc1cc(C2CC(=O)CC(O)C(C34CCCC3C=Cc3cc(O)c(O)cc34)CC#CC2Cc2ccccc2)ccc1O. The van der Waals surface area contributed by atoms with Crippen LogP contribution in [0.1, 0.15) is 66.7 Å². The van der Waals surface area contributed by atoms with Crippen LogP contribution in [-0.4, -0.2) is 39.4 Å². The van der Waals surface area contributed by atoms with Gasteiger partial charge in [-0.15, -0.1) is 5.92 Å². The number of hydrogen-bond donors (Lipinski definition) is 4. The maximum Gasteiger partial charge on any atom is 0.160 e. The number of methoxy groups -OCH3 is 1. The Morgan fingerprint density at radius 1 is 0.977 bits per heavy atom. The Morgan fingerprint density at radius 3 is 2.56 bits per heavy atom. The summed E-state index contributed by atoms with van der Waals surface area (Å²) >= 11 is 0. The number of phenolic OH excluding ortho intramolecular Hbond substituents is 3. The molecule has 6 heteroatoms. The van der Waals surface area contributed by atoms with Crippen molar-refractivity contribution in [3.8, 4) is 34.8 Å². The van der Waals surface area contributed by atoms with Gasteiger partial charge in [-0.25, -0.2) is 0 Å². The normalized spacial score (nSPS) is 28.3. The van der Waals surface area contributed by atoms with Gasteiger partial charge in [0, 0.05) is 42.4 Å². The van der Waals surface area contributed by atoms with Crippen molar-refractivity contribution in [3.05, 3.63) is 89.0 Å². The van der Waals surface area contributed by atoms with E-state index in [9.17, 15) is 25.2 Å². The average molecular weight is 579 g/mol. The summed E-state index contributed by atoms with van der Waals surface area (Å²) in [6, 6.07) is 18.6. The molecule has 6 atom stereocenters. The molecule has 6 nitrogen and oxygen atoms in total. The third kappa shape index (κ3) is 5.39. The molecule has 43 heavy (non-hydrogen) atoms. The molecule has 0 radical (unpaired) electrons. The fraction of sp³-hybridized carbons (Fsp3) is 0.378. The molecular weight excluding hydrogens is 540 g/mol. The van der Waals surface area contributed by atoms with Crippen LogP contribution in [0.2, 0.25) is 0 Å². The number of aromatic hydroxyl groups is 3. The Morgan fingerprint density at radius 2 is 1.77 bits per heavy atom. The number of hydrogen-bond acceptors (Lipinski definition) is 6. The molecule has 0 spiro atoms. The smallest absolute Gasteiger partial charge is 0.160 e. The average Bonchev–Trinajstić information content (AvgIpc) is 3.44. The number of Topliss-reactive ketones (excluding diaryl/α,β-unsaturated/α-hetero) is 1. The molecule has 3 aliphatic carbocycles. The quantitative estimate of drug-likeness (QED) is 0.211. The van der Waals surface area contributed by atoms with Crippen molar-refractivity contribution >= 4 is 11.9 Å². The zero-order valence-corrected chi connectivity index (χ0v) is 24.4. The molecule has 222 valence electrons. The molecule has 1 fully saturated rings. The van der Waals surface area contributed by atoms with Gasteiger partial charge in [0.2, 0.25) is 0 Å². The van der Waals surface area contributed by atoms with Crippen molar-refractivity contribution in [3.63, 3.8) is 0 Å². The second-order valence-electron chi connectivity index (χ2n) is 12.3. The molecule has 0 bridgehead atoms. The highest BCUT2D eigenvalue weighted by Crippen LogP contribution is 2.58. The van der Waals surface area contributed by atoms with Crippen LogP contribution in [0, 0.1) is 29.6 Å². The summed E-state index contributed by atoms with van der Waals surface area (Å²) in [5, 5.41) is 42.8. The first-order valence-corrected chi connectivity index (χ1v) is 15.1. The summed E-state index contributed by atoms with van der Waals surface area (Å²) < 4.78 is 5.39. The number of aliphatic hydroxyl groups is 1. The first-order valence-electron chi connectivity index (χ1n) is 15.1. The fourth-order valence-corrected chi connectivity index (χ4v) is 7.92. The summed E-state index contributed by atoms with van der Waals surface area (Å²) in [5.41, 5.74) is 3.23. The van der Waals surface area contributed by atoms with E-state index < -0.39 is 11.5 Å². The molecule has 0 saturated heterocycles. The highest BCUT2D eigenvalue weighted by Gasteiger charge is 2.53. The highest BCUT2D eigenvalue weighted by molar-refractivity contribution is 5.80. The minimum atomic E-state index is -0.918. The van der Waals surface area contributed by atoms with Crippen molar-refractivity contribution < 1.29 is 30.0 Å². The molecule has 0 aliphatic heterocycles. The highest BCUT2D eigenvalue weighted by atomic mass is 16.5. The Kier molecular flexibility index (Phi) is 7.94. The van der Waals surface area contributed by atoms with E-state index in [1.165, 1.54) is 7.11 Å². The van der Waals surface area contributed by atoms with Gasteiger partial charge in [0.05, 0.1) is 13.2 Å². The Labute approximate surface area is 252 Å². The van der Waals surface area contributed by atoms with E-state index >= 15 is 0 Å². The van der Waals surface area contributed by atoms with E-state index in [0.29, 0.717) is 18.6 Å². The summed E-state index contributed by atoms with van der Waals surface area (Å²) in [6.45, 7) is 0. The Hall–Kier alpha value is -4.21. The molecule has 6 rings (SSSR count). The molecule has 0 aromatic heterocycles. The van der Waals surface area contributed by atoms with Crippen molar-refractivity contribution in [1.29, 1.82) is 0 Å². The van der Waals surface area contributed by atoms with Crippen LogP contribution >= 0.6 is 0 Å². The van der Waals surface area contributed by atoms with Gasteiger partial charge in [0.25, 0.3) is 0 Å². The van der Waals surface area contributed by atoms with Crippen LogP contribution < -0.4 is 4.74 Å². The van der Waals surface area contributed by atoms with E-state index in [2.05, 4.69) is 30.0 Å². The van der Waals surface area contributed by atoms with E-state index in [-0.39, 0.29) is 59.5 Å². The molecule has 3 aromatic carbocycles. The number of benzene rings is 3. The minimum absolute atomic E-state index is 0.00764. The lowest BCUT2D eigenvalue weighted by atomic mass is 9.58. The van der Waals surface area contributed by atoms with Gasteiger partial charge in [0.15, 0.2) is 23.0 Å². The summed E-state index contributed by atoms with van der Waals surface area (Å²) in [6.07, 6.45) is 7.21. The predicted molar refractivity (Wildman–Crippen MR) is 165 cm³/mol. The van der Waals surface area contributed by atoms with Crippen LogP contribution in [-0.2, 0) is 16.6 Å². The van der Waals surface area contributed by atoms with Crippen LogP contribution in [0.25, 0.3) is 6.08 Å². The van der Waals surface area contributed by atoms with Gasteiger partial charge in [-0.3, -0.25) is 4.79 Å². The van der Waals surface area contributed by atoms with Gasteiger partial charge in [-0.05, 0) is 71.7 Å². The summed E-state index contributed by atoms with van der Waals surface area (Å²) in [5.74, 6) is 6.40. The van der Waals surface area contributed by atoms with Crippen molar-refractivity contribution in [2.45, 2.75) is 62.4 Å². The number of phenols is 3. The number of ether oxygens (including phenoxy) is 1. The first kappa shape index (κ1) is 28.9. The molecule has 6 unspecified atom stereocenters. The van der Waals surface area contributed by atoms with E-state index in [0.717, 1.165) is 41.5 Å². The summed E-state index contributed by atoms with van der Waals surface area (Å²) in [7, 11) is 1.50. The van der Waals surface area contributed by atoms with Gasteiger partial charge < -0.3 is 25.2 Å². The van der Waals surface area contributed by atoms with Crippen LogP contribution in [0.5, 0.6) is 23.0 Å². The molecular formula is C37H38O6. The van der Waals surface area contributed by atoms with Crippen molar-refractivity contribution in [1.82, 2.24) is 0 Å². The standard InChI is InChI=1S/C37H38O6/c1-43-36-19-25(13-15-32(36)39)29-20-28(38)21-33(40)30(11-5-9-24(29)17-23-7-3-2-4-8-23)37-16-6-10-27(37)14-12-26-18-34(41)35(42)22-31(26)37/h2-4,7-8,12-15,18-19,22,24,27,29-30,33,39-42H,6,10-11,16-17,20-21H2,1H3. The Balaban J connectivity index is 1.44. The molecule has 4 N–H and O–H groups in total. The van der Waals surface area contributed by atoms with E-state index in [4.69, 9.17) is 4.74 Å². The number of aliphatic hydroxyl groups excluding tert-OH is 1. The third-order valence-electron chi connectivity index (χ3n) is 9.96. The zero-order valence-electron chi connectivity index (χ0n) is 24.4. The van der Waals surface area contributed by atoms with Gasteiger partial charge in [-0.1, -0.05) is 60.9 Å². The lowest BCUT2D eigenvalue weighted by Crippen LogP contribution is -2.46. The number of ketones is 1. The second-order valence-corrected chi connectivity index (χ2v) is 12.3. The zero-order chi connectivity index (χ0) is 30.1. The lowest BCUT2D eigenvalue weighted by molar-refractivity contribution is -0.122. The van der Waals surface area contributed by atoms with Crippen LogP contribution in [0.4, 0.5) is 0 Å². The molecule has 0 amide bonds. The first-order chi connectivity index (χ1) is 20.8. The topological polar surface area (TPSA) is 107 Å². The minimum Gasteiger partial charge on any atom is -0.504 e. The maximum absolute atomic E-state index is 13.8. The van der Waals surface area contributed by atoms with Gasteiger partial charge >= 0.3 is 0 Å². The fourth-order valence-electron chi connectivity index (χ4n) is 7.92. The number of carbonyl (C=O) groups is 1. The molecule has 3 aromatic rings. The van der Waals surface area contributed by atoms with Crippen molar-refractivity contribution in [2.24, 2.45) is 17.8 Å². The maximum atomic E-state index is 13.8. The molecule has 3 aliphatic rings. The number of allylic oxidation sites excluding steroid dienone is 1. The van der Waals surface area contributed by atoms with Gasteiger partial charge in [-0.2, -0.15) is 0 Å². The predicted octanol–water partition coefficient (Wildman–Crippen LogP) is 6.25. The second kappa shape index (κ2) is 11.8. The Bertz CT molecular complexity index is 1600. The number of carbonyl (C=O) groups excluding carboxylic acids is 1. The van der Waals surface area contributed by atoms with Gasteiger partial charge in [0.1, 0.15) is 5.78 Å². The van der Waals surface area contributed by atoms with E-state index in [1.54, 1.807) is 24.3 Å². The van der Waals surface area contributed by atoms with Crippen LogP contribution in [0.15, 0.2) is 66.7 Å². The third-order valence-corrected chi connectivity index (χ3v) is 9.96. The molecule has 0 heterocycles. The molecule has 1 saturated carbocycles. The number of fused-ring (bicyclic) bond motifs is 3. The van der Waals surface area contributed by atoms with Crippen molar-refractivity contribution in [2.75, 3.05) is 7.11 Å². The van der Waals surface area contributed by atoms with Crippen LogP contribution in [0.3, 0.4) is 0 Å². The monoisotopic (exact) mass is 578 g/mol. The van der Waals surface area contributed by atoms with E-state index in [1.807, 2.05) is 30.3 Å². The largest absolute Gasteiger partial charge is 0.504 e.